The van der Waals surface area contributed by atoms with Crippen molar-refractivity contribution in [2.75, 3.05) is 7.11 Å². The van der Waals surface area contributed by atoms with Gasteiger partial charge in [0.15, 0.2) is 0 Å². The first-order valence-corrected chi connectivity index (χ1v) is 5.37. The van der Waals surface area contributed by atoms with E-state index in [1.165, 1.54) is 30.4 Å². The average molecular weight is 190 g/mol. The van der Waals surface area contributed by atoms with Gasteiger partial charge in [-0.05, 0) is 60.9 Å². The van der Waals surface area contributed by atoms with Crippen molar-refractivity contribution >= 4 is 0 Å². The molecule has 0 N–H and O–H groups in total. The fraction of sp³-hybridized carbons (Fsp3) is 0.538. The van der Waals surface area contributed by atoms with Gasteiger partial charge in [-0.2, -0.15) is 0 Å². The van der Waals surface area contributed by atoms with Gasteiger partial charge in [0.2, 0.25) is 0 Å². The number of methoxy groups -OCH3 is 1. The third kappa shape index (κ3) is 1.63. The van der Waals surface area contributed by atoms with Crippen molar-refractivity contribution in [3.8, 4) is 5.75 Å². The molecular weight excluding hydrogens is 172 g/mol. The molecule has 0 amide bonds. The van der Waals surface area contributed by atoms with Crippen molar-refractivity contribution in [2.45, 2.75) is 33.1 Å². The van der Waals surface area contributed by atoms with Gasteiger partial charge in [-0.25, -0.2) is 0 Å². The van der Waals surface area contributed by atoms with E-state index < -0.39 is 0 Å². The van der Waals surface area contributed by atoms with E-state index in [4.69, 9.17) is 4.74 Å². The largest absolute Gasteiger partial charge is 0.497 e. The van der Waals surface area contributed by atoms with Gasteiger partial charge in [0, 0.05) is 0 Å². The summed E-state index contributed by atoms with van der Waals surface area (Å²) in [6, 6.07) is 4.35. The van der Waals surface area contributed by atoms with Crippen molar-refractivity contribution in [3.63, 3.8) is 0 Å². The molecule has 1 aromatic carbocycles. The third-order valence-electron chi connectivity index (χ3n) is 3.23. The molecule has 1 aliphatic rings. The van der Waals surface area contributed by atoms with Crippen LogP contribution in [0.1, 0.15) is 30.0 Å². The predicted molar refractivity (Wildman–Crippen MR) is 58.9 cm³/mol. The summed E-state index contributed by atoms with van der Waals surface area (Å²) >= 11 is 0. The molecule has 0 bridgehead atoms. The van der Waals surface area contributed by atoms with E-state index in [2.05, 4.69) is 26.0 Å². The smallest absolute Gasteiger partial charge is 0.119 e. The number of rotatable bonds is 1. The third-order valence-corrected chi connectivity index (χ3v) is 3.23. The Labute approximate surface area is 86.1 Å². The van der Waals surface area contributed by atoms with Crippen LogP contribution in [0.5, 0.6) is 5.75 Å². The van der Waals surface area contributed by atoms with Crippen LogP contribution in [-0.4, -0.2) is 7.11 Å². The summed E-state index contributed by atoms with van der Waals surface area (Å²) in [4.78, 5) is 0. The van der Waals surface area contributed by atoms with Gasteiger partial charge in [0.05, 0.1) is 7.11 Å². The second-order valence-corrected chi connectivity index (χ2v) is 4.43. The molecular formula is C13H18O. The fourth-order valence-electron chi connectivity index (χ4n) is 2.34. The van der Waals surface area contributed by atoms with Crippen LogP contribution in [0.4, 0.5) is 0 Å². The van der Waals surface area contributed by atoms with Crippen molar-refractivity contribution in [2.24, 2.45) is 5.92 Å². The molecule has 1 heteroatoms. The summed E-state index contributed by atoms with van der Waals surface area (Å²) < 4.78 is 5.29. The lowest BCUT2D eigenvalue weighted by Crippen LogP contribution is -2.12. The summed E-state index contributed by atoms with van der Waals surface area (Å²) in [7, 11) is 1.74. The Morgan fingerprint density at radius 2 is 2.14 bits per heavy atom. The summed E-state index contributed by atoms with van der Waals surface area (Å²) in [5.41, 5.74) is 4.45. The van der Waals surface area contributed by atoms with Crippen LogP contribution in [0, 0.1) is 12.8 Å². The van der Waals surface area contributed by atoms with Gasteiger partial charge in [0.25, 0.3) is 0 Å². The molecule has 1 aliphatic carbocycles. The van der Waals surface area contributed by atoms with Crippen LogP contribution in [0.3, 0.4) is 0 Å². The van der Waals surface area contributed by atoms with E-state index in [1.54, 1.807) is 12.7 Å². The Bertz CT molecular complexity index is 341. The highest BCUT2D eigenvalue weighted by Gasteiger charge is 2.17. The summed E-state index contributed by atoms with van der Waals surface area (Å²) in [5, 5.41) is 0. The van der Waals surface area contributed by atoms with E-state index in [-0.39, 0.29) is 0 Å². The Kier molecular flexibility index (Phi) is 2.49. The zero-order valence-electron chi connectivity index (χ0n) is 9.26. The monoisotopic (exact) mass is 190 g/mol. The summed E-state index contributed by atoms with van der Waals surface area (Å²) in [6.07, 6.45) is 3.78. The van der Waals surface area contributed by atoms with E-state index in [1.807, 2.05) is 0 Å². The molecule has 0 saturated heterocycles. The number of hydrogen-bond donors (Lipinski definition) is 0. The minimum Gasteiger partial charge on any atom is -0.497 e. The molecule has 1 atom stereocenters. The standard InChI is InChI=1S/C13H18O/c1-9-4-5-11-8-12(14-3)7-10(2)13(11)6-9/h7-9H,4-6H2,1-3H3. The Balaban J connectivity index is 2.43. The minimum atomic E-state index is 0.842. The van der Waals surface area contributed by atoms with Gasteiger partial charge in [-0.15, -0.1) is 0 Å². The van der Waals surface area contributed by atoms with E-state index in [9.17, 15) is 0 Å². The first-order valence-electron chi connectivity index (χ1n) is 5.37. The highest BCUT2D eigenvalue weighted by molar-refractivity contribution is 5.43. The topological polar surface area (TPSA) is 9.23 Å². The molecule has 0 heterocycles. The number of ether oxygens (including phenoxy) is 1. The van der Waals surface area contributed by atoms with Crippen LogP contribution in [-0.2, 0) is 12.8 Å². The van der Waals surface area contributed by atoms with Gasteiger partial charge in [0.1, 0.15) is 5.75 Å². The highest BCUT2D eigenvalue weighted by atomic mass is 16.5. The van der Waals surface area contributed by atoms with Crippen LogP contribution >= 0.6 is 0 Å². The second-order valence-electron chi connectivity index (χ2n) is 4.43. The van der Waals surface area contributed by atoms with Gasteiger partial charge < -0.3 is 4.74 Å². The SMILES string of the molecule is COc1cc(C)c2c(c1)CCC(C)C2. The molecule has 14 heavy (non-hydrogen) atoms. The highest BCUT2D eigenvalue weighted by Crippen LogP contribution is 2.30. The molecule has 1 nitrogen and oxygen atoms in total. The molecule has 1 aromatic rings. The van der Waals surface area contributed by atoms with Crippen molar-refractivity contribution < 1.29 is 4.74 Å². The average Bonchev–Trinajstić information content (AvgIpc) is 2.19. The number of hydrogen-bond acceptors (Lipinski definition) is 1. The van der Waals surface area contributed by atoms with Gasteiger partial charge in [-0.1, -0.05) is 6.92 Å². The maximum Gasteiger partial charge on any atom is 0.119 e. The van der Waals surface area contributed by atoms with Crippen LogP contribution in [0.25, 0.3) is 0 Å². The Morgan fingerprint density at radius 1 is 1.36 bits per heavy atom. The van der Waals surface area contributed by atoms with Crippen LogP contribution < -0.4 is 4.74 Å². The summed E-state index contributed by atoms with van der Waals surface area (Å²) in [6.45, 7) is 4.53. The summed E-state index contributed by atoms with van der Waals surface area (Å²) in [5.74, 6) is 1.85. The molecule has 0 saturated carbocycles. The first kappa shape index (κ1) is 9.57. The maximum absolute atomic E-state index is 5.29. The van der Waals surface area contributed by atoms with Gasteiger partial charge >= 0.3 is 0 Å². The number of fused-ring (bicyclic) bond motifs is 1. The van der Waals surface area contributed by atoms with Crippen molar-refractivity contribution in [3.05, 3.63) is 28.8 Å². The Morgan fingerprint density at radius 3 is 2.86 bits per heavy atom. The molecule has 2 rings (SSSR count). The van der Waals surface area contributed by atoms with E-state index in [0.717, 1.165) is 11.7 Å². The lowest BCUT2D eigenvalue weighted by Gasteiger charge is -2.23. The molecule has 0 radical (unpaired) electrons. The van der Waals surface area contributed by atoms with Crippen LogP contribution in [0.15, 0.2) is 12.1 Å². The zero-order chi connectivity index (χ0) is 10.1. The lowest BCUT2D eigenvalue weighted by molar-refractivity contribution is 0.411. The van der Waals surface area contributed by atoms with E-state index in [0.29, 0.717) is 0 Å². The normalized spacial score (nSPS) is 20.4. The zero-order valence-corrected chi connectivity index (χ0v) is 9.26. The molecule has 0 aliphatic heterocycles. The predicted octanol–water partition coefficient (Wildman–Crippen LogP) is 3.13. The minimum absolute atomic E-state index is 0.842. The number of benzene rings is 1. The number of aryl methyl sites for hydroxylation is 2. The van der Waals surface area contributed by atoms with Crippen molar-refractivity contribution in [1.29, 1.82) is 0 Å². The molecule has 0 fully saturated rings. The first-order chi connectivity index (χ1) is 6.70. The van der Waals surface area contributed by atoms with Crippen molar-refractivity contribution in [1.82, 2.24) is 0 Å². The van der Waals surface area contributed by atoms with E-state index >= 15 is 0 Å². The fourth-order valence-corrected chi connectivity index (χ4v) is 2.34. The van der Waals surface area contributed by atoms with Gasteiger partial charge in [-0.3, -0.25) is 0 Å². The molecule has 1 unspecified atom stereocenters. The Hall–Kier alpha value is -0.980. The quantitative estimate of drug-likeness (QED) is 0.661. The molecule has 76 valence electrons. The lowest BCUT2D eigenvalue weighted by atomic mass is 9.83. The molecule has 0 spiro atoms. The molecule has 0 aromatic heterocycles. The maximum atomic E-state index is 5.29. The second kappa shape index (κ2) is 3.64. The van der Waals surface area contributed by atoms with Crippen LogP contribution in [0.2, 0.25) is 0 Å².